The largest absolute Gasteiger partial charge is 1.00 e. The molecule has 172 valence electrons. The molecule has 0 aromatic carbocycles. The second-order valence-corrected chi connectivity index (χ2v) is 6.88. The number of nitrogens with one attached hydrogen (secondary N) is 1. The number of aromatic nitrogens is 3. The van der Waals surface area contributed by atoms with Crippen LogP contribution in [0.15, 0.2) is 42.6 Å². The number of hydrazine groups is 2. The monoisotopic (exact) mass is 551 g/mol. The van der Waals surface area contributed by atoms with Crippen molar-refractivity contribution in [2.45, 2.75) is 20.8 Å². The minimum atomic E-state index is 0. The summed E-state index contributed by atoms with van der Waals surface area (Å²) in [5.74, 6) is 13.6. The average Bonchev–Trinajstić information content (AvgIpc) is 2.78. The third kappa shape index (κ3) is 17.1. The minimum absolute atomic E-state index is 0. The van der Waals surface area contributed by atoms with Gasteiger partial charge in [0.25, 0.3) is 0 Å². The van der Waals surface area contributed by atoms with E-state index in [9.17, 15) is 0 Å². The maximum Gasteiger partial charge on any atom is 1.00 e. The molecular formula is C18H23Cl5N7NaO. The molecule has 0 radical (unpaired) electrons. The van der Waals surface area contributed by atoms with Crippen LogP contribution in [-0.4, -0.2) is 15.0 Å². The fourth-order valence-electron chi connectivity index (χ4n) is 1.60. The van der Waals surface area contributed by atoms with Crippen LogP contribution in [0.1, 0.15) is 17.1 Å². The second kappa shape index (κ2) is 22.3. The number of halogens is 5. The van der Waals surface area contributed by atoms with Gasteiger partial charge in [-0.3, -0.25) is 16.7 Å². The van der Waals surface area contributed by atoms with Gasteiger partial charge in [-0.15, -0.1) is 0 Å². The van der Waals surface area contributed by atoms with Crippen LogP contribution < -0.4 is 57.2 Å². The molecule has 3 rings (SSSR count). The van der Waals surface area contributed by atoms with E-state index in [1.165, 1.54) is 0 Å². The Hall–Kier alpha value is -0.460. The molecule has 3 aromatic heterocycles. The first-order valence-electron chi connectivity index (χ1n) is 8.18. The van der Waals surface area contributed by atoms with E-state index < -0.39 is 0 Å². The molecule has 3 aromatic rings. The summed E-state index contributed by atoms with van der Waals surface area (Å²) in [5.41, 5.74) is 5.15. The molecule has 3 heterocycles. The van der Waals surface area contributed by atoms with Gasteiger partial charge < -0.3 is 10.1 Å². The summed E-state index contributed by atoms with van der Waals surface area (Å²) in [7, 11) is 0. The molecule has 0 amide bonds. The molecule has 14 heteroatoms. The van der Waals surface area contributed by atoms with Crippen LogP contribution in [0, 0.1) is 20.8 Å². The molecule has 0 aliphatic heterocycles. The summed E-state index contributed by atoms with van der Waals surface area (Å²) in [6, 6.07) is 10.8. The average molecular weight is 554 g/mol. The number of nitrogens with two attached hydrogens (primary N) is 3. The van der Waals surface area contributed by atoms with Crippen molar-refractivity contribution in [2.75, 3.05) is 5.43 Å². The van der Waals surface area contributed by atoms with Gasteiger partial charge in [0.05, 0.1) is 15.1 Å². The Morgan fingerprint density at radius 3 is 1.56 bits per heavy atom. The first kappa shape index (κ1) is 36.1. The van der Waals surface area contributed by atoms with E-state index in [-0.39, 0.29) is 29.6 Å². The van der Waals surface area contributed by atoms with Crippen molar-refractivity contribution in [3.05, 3.63) is 79.9 Å². The summed E-state index contributed by atoms with van der Waals surface area (Å²) < 4.78 is 7.72. The Bertz CT molecular complexity index is 856. The Balaban J connectivity index is -0.000000361. The molecule has 0 fully saturated rings. The van der Waals surface area contributed by atoms with Gasteiger partial charge in [-0.2, -0.15) is 0 Å². The molecule has 0 unspecified atom stereocenters. The number of anilines is 1. The molecule has 7 N–H and O–H groups in total. The molecule has 0 aliphatic carbocycles. The van der Waals surface area contributed by atoms with Crippen molar-refractivity contribution in [3.63, 3.8) is 0 Å². The second-order valence-electron chi connectivity index (χ2n) is 5.27. The van der Waals surface area contributed by atoms with E-state index in [0.717, 1.165) is 17.1 Å². The van der Waals surface area contributed by atoms with E-state index in [0.29, 0.717) is 26.0 Å². The van der Waals surface area contributed by atoms with E-state index >= 15 is 0 Å². The molecule has 8 nitrogen and oxygen atoms in total. The predicted octanol–water partition coefficient (Wildman–Crippen LogP) is 1.39. The van der Waals surface area contributed by atoms with Gasteiger partial charge in [0.15, 0.2) is 5.82 Å². The van der Waals surface area contributed by atoms with Crippen LogP contribution in [0.25, 0.3) is 0 Å². The van der Waals surface area contributed by atoms with Crippen LogP contribution in [0.5, 0.6) is 0 Å². The normalized spacial score (nSPS) is 8.38. The number of hydrogen-bond donors (Lipinski definition) is 4. The summed E-state index contributed by atoms with van der Waals surface area (Å²) in [6.45, 7) is 5.66. The maximum atomic E-state index is 7.72. The Kier molecular flexibility index (Phi) is 25.2. The molecule has 32 heavy (non-hydrogen) atoms. The molecule has 0 aliphatic rings. The molecular weight excluding hydrogens is 531 g/mol. The third-order valence-electron chi connectivity index (χ3n) is 2.94. The zero-order valence-corrected chi connectivity index (χ0v) is 23.7. The van der Waals surface area contributed by atoms with Crippen LogP contribution >= 0.6 is 58.3 Å². The first-order chi connectivity index (χ1) is 14.7. The van der Waals surface area contributed by atoms with Gasteiger partial charge in [-0.05, 0) is 57.2 Å². The minimum Gasteiger partial charge on any atom is -0.769 e. The van der Waals surface area contributed by atoms with Gasteiger partial charge in [0.1, 0.15) is 5.15 Å². The van der Waals surface area contributed by atoms with E-state index in [4.69, 9.17) is 56.9 Å². The molecule has 0 atom stereocenters. The number of aryl methyl sites for hydroxylation is 3. The number of pyridine rings is 3. The quantitative estimate of drug-likeness (QED) is 0.153. The molecule has 0 bridgehead atoms. The fraction of sp³-hybridized carbons (Fsp3) is 0.167. The van der Waals surface area contributed by atoms with E-state index in [1.807, 2.05) is 45.0 Å². The standard InChI is InChI=1S/C6H5Cl2N.C6H8ClN3.C6H6ClN.ClO.H4N2.Na/c1-4-2-3-5(7)6(8)9-4;1-4-2-3-5(7)6(9-4)10-8;1-5-2-3-6(7)4-8-5;2*1-2;/h2-3H,1H3;2-3H,8H2,1H3,(H,9,10);2-4H,1H3;;1-2H2;/q;;;-1;;+1. The Morgan fingerprint density at radius 1 is 0.750 bits per heavy atom. The van der Waals surface area contributed by atoms with Gasteiger partial charge >= 0.3 is 29.6 Å². The van der Waals surface area contributed by atoms with E-state index in [2.05, 4.69) is 43.9 Å². The van der Waals surface area contributed by atoms with Gasteiger partial charge in [0.2, 0.25) is 0 Å². The van der Waals surface area contributed by atoms with Gasteiger partial charge in [-0.1, -0.05) is 46.4 Å². The molecule has 0 saturated carbocycles. The fourth-order valence-corrected chi connectivity index (χ4v) is 2.17. The molecule has 0 spiro atoms. The zero-order valence-electron chi connectivity index (χ0n) is 17.9. The van der Waals surface area contributed by atoms with E-state index in [1.54, 1.807) is 18.3 Å². The van der Waals surface area contributed by atoms with Gasteiger partial charge in [-0.25, -0.2) is 27.7 Å². The van der Waals surface area contributed by atoms with Crippen molar-refractivity contribution in [1.82, 2.24) is 15.0 Å². The summed E-state index contributed by atoms with van der Waals surface area (Å²) in [5, 5.41) is 2.10. The number of nitrogen functional groups attached to an aromatic ring is 1. The third-order valence-corrected chi connectivity index (χ3v) is 4.16. The number of hydrogen-bond acceptors (Lipinski definition) is 8. The summed E-state index contributed by atoms with van der Waals surface area (Å²) in [6.07, 6.45) is 1.64. The SMILES string of the molecule is Cc1ccc(Cl)c(Cl)n1.Cc1ccc(Cl)c(NN)n1.Cc1ccc(Cl)cn1.NN.[Na+].[O-]Cl. The van der Waals surface area contributed by atoms with Crippen LogP contribution in [0.2, 0.25) is 20.2 Å². The summed E-state index contributed by atoms with van der Waals surface area (Å²) in [4.78, 5) is 11.9. The smallest absolute Gasteiger partial charge is 0.769 e. The van der Waals surface area contributed by atoms with Crippen molar-refractivity contribution in [2.24, 2.45) is 17.5 Å². The topological polar surface area (TPSA) is 152 Å². The zero-order chi connectivity index (χ0) is 24.4. The van der Waals surface area contributed by atoms with Crippen LogP contribution in [-0.2, 0) is 0 Å². The summed E-state index contributed by atoms with van der Waals surface area (Å²) >= 11 is 25.8. The Morgan fingerprint density at radius 2 is 1.22 bits per heavy atom. The van der Waals surface area contributed by atoms with Crippen molar-refractivity contribution in [3.8, 4) is 0 Å². The maximum absolute atomic E-state index is 7.72. The molecule has 0 saturated heterocycles. The van der Waals surface area contributed by atoms with Crippen LogP contribution in [0.3, 0.4) is 0 Å². The Labute approximate surface area is 235 Å². The predicted molar refractivity (Wildman–Crippen MR) is 129 cm³/mol. The number of rotatable bonds is 1. The first-order valence-corrected chi connectivity index (χ1v) is 10.00. The van der Waals surface area contributed by atoms with Crippen molar-refractivity contribution >= 4 is 64.1 Å². The van der Waals surface area contributed by atoms with Gasteiger partial charge in [0, 0.05) is 23.3 Å². The van der Waals surface area contributed by atoms with Crippen LogP contribution in [0.4, 0.5) is 5.82 Å². The van der Waals surface area contributed by atoms with Crippen molar-refractivity contribution < 1.29 is 34.2 Å². The number of nitrogens with zero attached hydrogens (tertiary/aromatic N) is 3. The van der Waals surface area contributed by atoms with Crippen molar-refractivity contribution in [1.29, 1.82) is 0 Å².